The molecule has 162 valence electrons. The van der Waals surface area contributed by atoms with Gasteiger partial charge in [0.25, 0.3) is 0 Å². The predicted octanol–water partition coefficient (Wildman–Crippen LogP) is 6.18. The molecule has 0 saturated carbocycles. The monoisotopic (exact) mass is 487 g/mol. The number of ether oxygens (including phenoxy) is 1. The smallest absolute Gasteiger partial charge is 0.119 e. The maximum atomic E-state index is 5.51. The number of aryl methyl sites for hydroxylation is 1. The highest BCUT2D eigenvalue weighted by molar-refractivity contribution is 9.10. The van der Waals surface area contributed by atoms with Gasteiger partial charge in [-0.3, -0.25) is 4.68 Å². The molecular weight excluding hydrogens is 462 g/mol. The lowest BCUT2D eigenvalue weighted by atomic mass is 9.76. The van der Waals surface area contributed by atoms with Crippen LogP contribution in [0.2, 0.25) is 0 Å². The fourth-order valence-electron chi connectivity index (χ4n) is 4.83. The van der Waals surface area contributed by atoms with E-state index in [9.17, 15) is 0 Å². The standard InChI is InChI=1S/C27H26BrN3O/c1-27(21-6-8-22(28)9-7-21)25-13-12-24(32-3)18-20(25)14-17-31(27)23-10-4-19(5-11-23)26-15-16-30(2)29-26/h4-13,15-16,18H,14,17H2,1-3H3. The Hall–Kier alpha value is -3.05. The number of fused-ring (bicyclic) bond motifs is 1. The van der Waals surface area contributed by atoms with E-state index in [2.05, 4.69) is 99.6 Å². The molecule has 1 atom stereocenters. The van der Waals surface area contributed by atoms with Crippen molar-refractivity contribution in [3.63, 3.8) is 0 Å². The van der Waals surface area contributed by atoms with Crippen molar-refractivity contribution in [1.29, 1.82) is 0 Å². The van der Waals surface area contributed by atoms with E-state index in [-0.39, 0.29) is 5.54 Å². The Morgan fingerprint density at radius 1 is 0.969 bits per heavy atom. The van der Waals surface area contributed by atoms with E-state index in [1.54, 1.807) is 7.11 Å². The highest BCUT2D eigenvalue weighted by Crippen LogP contribution is 2.44. The molecule has 4 nitrogen and oxygen atoms in total. The first-order valence-electron chi connectivity index (χ1n) is 10.8. The molecule has 4 aromatic rings. The molecule has 0 amide bonds. The number of halogens is 1. The van der Waals surface area contributed by atoms with E-state index in [0.29, 0.717) is 0 Å². The van der Waals surface area contributed by atoms with Gasteiger partial charge in [0.1, 0.15) is 5.75 Å². The van der Waals surface area contributed by atoms with Crippen molar-refractivity contribution in [2.24, 2.45) is 7.05 Å². The Morgan fingerprint density at radius 3 is 2.38 bits per heavy atom. The van der Waals surface area contributed by atoms with Crippen LogP contribution in [0.1, 0.15) is 23.6 Å². The molecule has 3 aromatic carbocycles. The number of aromatic nitrogens is 2. The van der Waals surface area contributed by atoms with Crippen LogP contribution in [0.25, 0.3) is 11.3 Å². The maximum Gasteiger partial charge on any atom is 0.119 e. The number of rotatable bonds is 4. The molecule has 1 aromatic heterocycles. The topological polar surface area (TPSA) is 30.3 Å². The summed E-state index contributed by atoms with van der Waals surface area (Å²) in [6.07, 6.45) is 2.95. The molecule has 0 N–H and O–H groups in total. The highest BCUT2D eigenvalue weighted by atomic mass is 79.9. The molecule has 1 unspecified atom stereocenters. The fraction of sp³-hybridized carbons (Fsp3) is 0.222. The van der Waals surface area contributed by atoms with Crippen molar-refractivity contribution in [3.8, 4) is 17.0 Å². The highest BCUT2D eigenvalue weighted by Gasteiger charge is 2.40. The Morgan fingerprint density at radius 2 is 1.72 bits per heavy atom. The first-order valence-corrected chi connectivity index (χ1v) is 11.6. The maximum absolute atomic E-state index is 5.51. The quantitative estimate of drug-likeness (QED) is 0.344. The third-order valence-electron chi connectivity index (χ3n) is 6.58. The second-order valence-corrected chi connectivity index (χ2v) is 9.34. The van der Waals surface area contributed by atoms with Crippen molar-refractivity contribution >= 4 is 21.6 Å². The van der Waals surface area contributed by atoms with Crippen molar-refractivity contribution in [2.45, 2.75) is 18.9 Å². The number of anilines is 1. The summed E-state index contributed by atoms with van der Waals surface area (Å²) in [4.78, 5) is 2.52. The van der Waals surface area contributed by atoms with E-state index < -0.39 is 0 Å². The van der Waals surface area contributed by atoms with Crippen molar-refractivity contribution in [2.75, 3.05) is 18.6 Å². The van der Waals surface area contributed by atoms with Crippen LogP contribution in [0.3, 0.4) is 0 Å². The number of methoxy groups -OCH3 is 1. The molecule has 0 bridgehead atoms. The van der Waals surface area contributed by atoms with E-state index in [1.807, 2.05) is 24.0 Å². The van der Waals surface area contributed by atoms with E-state index >= 15 is 0 Å². The summed E-state index contributed by atoms with van der Waals surface area (Å²) in [5, 5.41) is 4.54. The van der Waals surface area contributed by atoms with Crippen molar-refractivity contribution in [3.05, 3.63) is 100 Å². The summed E-state index contributed by atoms with van der Waals surface area (Å²) < 4.78 is 8.43. The van der Waals surface area contributed by atoms with Gasteiger partial charge in [0.05, 0.1) is 18.3 Å². The molecule has 1 aliphatic heterocycles. The zero-order chi connectivity index (χ0) is 22.3. The van der Waals surface area contributed by atoms with Crippen molar-refractivity contribution < 1.29 is 4.74 Å². The number of hydrogen-bond donors (Lipinski definition) is 0. The zero-order valence-corrected chi connectivity index (χ0v) is 20.1. The van der Waals surface area contributed by atoms with Crippen LogP contribution in [0.5, 0.6) is 5.75 Å². The number of nitrogens with zero attached hydrogens (tertiary/aromatic N) is 3. The minimum absolute atomic E-state index is 0.299. The van der Waals surface area contributed by atoms with E-state index in [4.69, 9.17) is 4.74 Å². The lowest BCUT2D eigenvalue weighted by molar-refractivity contribution is 0.411. The van der Waals surface area contributed by atoms with Crippen LogP contribution in [-0.2, 0) is 19.0 Å². The molecule has 0 fully saturated rings. The third-order valence-corrected chi connectivity index (χ3v) is 7.10. The minimum Gasteiger partial charge on any atom is -0.497 e. The third kappa shape index (κ3) is 3.51. The molecule has 0 saturated heterocycles. The number of hydrogen-bond acceptors (Lipinski definition) is 3. The molecule has 5 rings (SSSR count). The van der Waals surface area contributed by atoms with Gasteiger partial charge in [-0.2, -0.15) is 5.10 Å². The van der Waals surface area contributed by atoms with Gasteiger partial charge in [-0.1, -0.05) is 46.3 Å². The van der Waals surface area contributed by atoms with Crippen molar-refractivity contribution in [1.82, 2.24) is 9.78 Å². The van der Waals surface area contributed by atoms with E-state index in [1.165, 1.54) is 22.4 Å². The first kappa shape index (κ1) is 20.8. The lowest BCUT2D eigenvalue weighted by Gasteiger charge is -2.48. The van der Waals surface area contributed by atoms with Gasteiger partial charge in [0, 0.05) is 35.5 Å². The van der Waals surface area contributed by atoms with Crippen LogP contribution in [0.4, 0.5) is 5.69 Å². The van der Waals surface area contributed by atoms with Crippen LogP contribution >= 0.6 is 15.9 Å². The van der Waals surface area contributed by atoms with Gasteiger partial charge in [-0.15, -0.1) is 0 Å². The van der Waals surface area contributed by atoms with Gasteiger partial charge in [0.15, 0.2) is 0 Å². The summed E-state index contributed by atoms with van der Waals surface area (Å²) in [6, 6.07) is 26.0. The summed E-state index contributed by atoms with van der Waals surface area (Å²) >= 11 is 3.59. The van der Waals surface area contributed by atoms with Crippen LogP contribution in [-0.4, -0.2) is 23.4 Å². The van der Waals surface area contributed by atoms with E-state index in [0.717, 1.165) is 34.4 Å². The average Bonchev–Trinajstić information content (AvgIpc) is 3.26. The summed E-state index contributed by atoms with van der Waals surface area (Å²) in [7, 11) is 3.68. The van der Waals surface area contributed by atoms with Gasteiger partial charge in [0.2, 0.25) is 0 Å². The molecule has 0 aliphatic carbocycles. The molecule has 0 spiro atoms. The van der Waals surface area contributed by atoms with Gasteiger partial charge >= 0.3 is 0 Å². The van der Waals surface area contributed by atoms with Crippen LogP contribution < -0.4 is 9.64 Å². The van der Waals surface area contributed by atoms with Gasteiger partial charge in [-0.05, 0) is 72.5 Å². The largest absolute Gasteiger partial charge is 0.497 e. The Bertz CT molecular complexity index is 1250. The molecule has 1 aliphatic rings. The molecular formula is C27H26BrN3O. The SMILES string of the molecule is COc1ccc2c(c1)CCN(c1ccc(-c3ccn(C)n3)cc1)C2(C)c1ccc(Br)cc1. The normalized spacial score (nSPS) is 17.8. The second-order valence-electron chi connectivity index (χ2n) is 8.43. The van der Waals surface area contributed by atoms with Gasteiger partial charge in [-0.25, -0.2) is 0 Å². The Balaban J connectivity index is 1.61. The Kier molecular flexibility index (Phi) is 5.30. The number of benzene rings is 3. The average molecular weight is 488 g/mol. The predicted molar refractivity (Wildman–Crippen MR) is 133 cm³/mol. The summed E-state index contributed by atoms with van der Waals surface area (Å²) in [5.74, 6) is 0.912. The van der Waals surface area contributed by atoms with Crippen LogP contribution in [0.15, 0.2) is 83.5 Å². The molecule has 0 radical (unpaired) electrons. The van der Waals surface area contributed by atoms with Crippen LogP contribution in [0, 0.1) is 0 Å². The second kappa shape index (κ2) is 8.14. The summed E-state index contributed by atoms with van der Waals surface area (Å²) in [5.41, 5.74) is 6.95. The minimum atomic E-state index is -0.299. The molecule has 32 heavy (non-hydrogen) atoms. The van der Waals surface area contributed by atoms with Gasteiger partial charge < -0.3 is 9.64 Å². The summed E-state index contributed by atoms with van der Waals surface area (Å²) in [6.45, 7) is 3.25. The zero-order valence-electron chi connectivity index (χ0n) is 18.5. The molecule has 5 heteroatoms. The lowest BCUT2D eigenvalue weighted by Crippen LogP contribution is -2.49. The Labute approximate surface area is 197 Å². The first-order chi connectivity index (χ1) is 15.5. The molecule has 2 heterocycles. The fourth-order valence-corrected chi connectivity index (χ4v) is 5.10.